The first-order valence-corrected chi connectivity index (χ1v) is 10.9. The number of carboxylic acids is 1. The highest BCUT2D eigenvalue weighted by Gasteiger charge is 2.33. The summed E-state index contributed by atoms with van der Waals surface area (Å²) in [5, 5.41) is 9.60. The Morgan fingerprint density at radius 1 is 1.30 bits per heavy atom. The Bertz CT molecular complexity index is 1040. The van der Waals surface area contributed by atoms with Crippen molar-refractivity contribution in [1.82, 2.24) is 4.90 Å². The van der Waals surface area contributed by atoms with Crippen molar-refractivity contribution in [2.45, 2.75) is 6.61 Å². The molecule has 2 aromatic rings. The Hall–Kier alpha value is -2.07. The number of thiocarbonyl (C=S) groups is 1. The molecule has 6 nitrogen and oxygen atoms in total. The average Bonchev–Trinajstić information content (AvgIpc) is 2.96. The van der Waals surface area contributed by atoms with Crippen molar-refractivity contribution in [3.8, 4) is 11.5 Å². The third-order valence-corrected chi connectivity index (χ3v) is 6.36. The van der Waals surface area contributed by atoms with Crippen LogP contribution in [-0.2, 0) is 16.2 Å². The molecule has 0 aliphatic carbocycles. The number of carbonyl (C=O) groups is 2. The highest BCUT2D eigenvalue weighted by molar-refractivity contribution is 9.10. The lowest BCUT2D eigenvalue weighted by molar-refractivity contribution is -0.140. The van der Waals surface area contributed by atoms with E-state index in [2.05, 4.69) is 15.9 Å². The van der Waals surface area contributed by atoms with E-state index in [9.17, 15) is 9.59 Å². The molecule has 0 unspecified atom stereocenters. The fraction of sp³-hybridized carbons (Fsp3) is 0.150. The summed E-state index contributed by atoms with van der Waals surface area (Å²) in [7, 11) is 1.52. The molecule has 0 bridgehead atoms. The standard InChI is InChI=1S/C20H15BrClNO5S2/c1-27-15-6-12(7-17-19(26)23(9-18(24)25)20(29)30-17)14(21)8-16(15)28-10-11-2-4-13(22)5-3-11/h2-8H,9-10H2,1H3,(H,24,25)/b17-7+. The normalized spacial score (nSPS) is 15.0. The summed E-state index contributed by atoms with van der Waals surface area (Å²) in [5.74, 6) is -0.562. The lowest BCUT2D eigenvalue weighted by Gasteiger charge is -2.13. The number of amides is 1. The van der Waals surface area contributed by atoms with Crippen molar-refractivity contribution in [3.05, 3.63) is 61.9 Å². The molecular formula is C20H15BrClNO5S2. The molecule has 0 atom stereocenters. The van der Waals surface area contributed by atoms with Gasteiger partial charge in [0.15, 0.2) is 11.5 Å². The zero-order valence-corrected chi connectivity index (χ0v) is 19.5. The smallest absolute Gasteiger partial charge is 0.323 e. The van der Waals surface area contributed by atoms with E-state index in [-0.39, 0.29) is 4.32 Å². The Kier molecular flexibility index (Phi) is 7.41. The summed E-state index contributed by atoms with van der Waals surface area (Å²) in [6.07, 6.45) is 1.64. The Labute approximate surface area is 195 Å². The van der Waals surface area contributed by atoms with E-state index in [1.165, 1.54) is 7.11 Å². The maximum Gasteiger partial charge on any atom is 0.323 e. The van der Waals surface area contributed by atoms with Crippen LogP contribution in [0.1, 0.15) is 11.1 Å². The van der Waals surface area contributed by atoms with E-state index >= 15 is 0 Å². The van der Waals surface area contributed by atoms with E-state index < -0.39 is 18.4 Å². The number of rotatable bonds is 7. The number of aliphatic carboxylic acids is 1. The molecule has 0 aromatic heterocycles. The zero-order valence-electron chi connectivity index (χ0n) is 15.6. The molecular weight excluding hydrogens is 514 g/mol. The third-order valence-electron chi connectivity index (χ3n) is 4.04. The van der Waals surface area contributed by atoms with E-state index in [4.69, 9.17) is 38.4 Å². The number of nitrogens with zero attached hydrogens (tertiary/aromatic N) is 1. The van der Waals surface area contributed by atoms with Gasteiger partial charge in [0.05, 0.1) is 12.0 Å². The summed E-state index contributed by atoms with van der Waals surface area (Å²) < 4.78 is 12.2. The molecule has 30 heavy (non-hydrogen) atoms. The highest BCUT2D eigenvalue weighted by Crippen LogP contribution is 2.38. The molecule has 1 amide bonds. The predicted octanol–water partition coefficient (Wildman–Crippen LogP) is 4.98. The monoisotopic (exact) mass is 527 g/mol. The van der Waals surface area contributed by atoms with E-state index in [1.54, 1.807) is 30.3 Å². The van der Waals surface area contributed by atoms with Gasteiger partial charge in [-0.05, 0) is 41.5 Å². The zero-order chi connectivity index (χ0) is 21.8. The number of hydrogen-bond donors (Lipinski definition) is 1. The van der Waals surface area contributed by atoms with Crippen LogP contribution >= 0.6 is 51.5 Å². The van der Waals surface area contributed by atoms with Crippen molar-refractivity contribution in [2.24, 2.45) is 0 Å². The maximum absolute atomic E-state index is 12.5. The minimum absolute atomic E-state index is 0.208. The van der Waals surface area contributed by atoms with Crippen molar-refractivity contribution in [2.75, 3.05) is 13.7 Å². The van der Waals surface area contributed by atoms with Gasteiger partial charge in [0.25, 0.3) is 5.91 Å². The van der Waals surface area contributed by atoms with Gasteiger partial charge >= 0.3 is 5.97 Å². The lowest BCUT2D eigenvalue weighted by atomic mass is 10.1. The Balaban J connectivity index is 1.82. The molecule has 10 heteroatoms. The SMILES string of the molecule is COc1cc(/C=C2/SC(=S)N(CC(=O)O)C2=O)c(Br)cc1OCc1ccc(Cl)cc1. The second-order valence-electron chi connectivity index (χ2n) is 6.10. The largest absolute Gasteiger partial charge is 0.493 e. The number of thioether (sulfide) groups is 1. The van der Waals surface area contributed by atoms with Crippen LogP contribution in [0.2, 0.25) is 5.02 Å². The quantitative estimate of drug-likeness (QED) is 0.401. The molecule has 156 valence electrons. The number of hydrogen-bond acceptors (Lipinski definition) is 6. The van der Waals surface area contributed by atoms with Crippen molar-refractivity contribution >= 4 is 73.8 Å². The molecule has 1 aliphatic rings. The first-order valence-electron chi connectivity index (χ1n) is 8.50. The number of benzene rings is 2. The predicted molar refractivity (Wildman–Crippen MR) is 124 cm³/mol. The minimum Gasteiger partial charge on any atom is -0.493 e. The number of halogens is 2. The number of ether oxygens (including phenoxy) is 2. The van der Waals surface area contributed by atoms with Gasteiger partial charge in [0.2, 0.25) is 0 Å². The van der Waals surface area contributed by atoms with E-state index in [0.717, 1.165) is 22.2 Å². The van der Waals surface area contributed by atoms with Crippen molar-refractivity contribution in [1.29, 1.82) is 0 Å². The Morgan fingerprint density at radius 2 is 2.00 bits per heavy atom. The molecule has 1 heterocycles. The highest BCUT2D eigenvalue weighted by atomic mass is 79.9. The number of methoxy groups -OCH3 is 1. The first kappa shape index (κ1) is 22.6. The van der Waals surface area contributed by atoms with E-state index in [0.29, 0.717) is 38.1 Å². The van der Waals surface area contributed by atoms with Crippen LogP contribution in [0.25, 0.3) is 6.08 Å². The summed E-state index contributed by atoms with van der Waals surface area (Å²) >= 11 is 15.6. The fourth-order valence-electron chi connectivity index (χ4n) is 2.59. The van der Waals surface area contributed by atoms with Crippen molar-refractivity contribution in [3.63, 3.8) is 0 Å². The minimum atomic E-state index is -1.13. The molecule has 3 rings (SSSR count). The molecule has 0 spiro atoms. The van der Waals surface area contributed by atoms with Gasteiger partial charge in [0.1, 0.15) is 17.5 Å². The van der Waals surface area contributed by atoms with Crippen molar-refractivity contribution < 1.29 is 24.2 Å². The molecule has 1 fully saturated rings. The van der Waals surface area contributed by atoms with Crippen LogP contribution in [0, 0.1) is 0 Å². The van der Waals surface area contributed by atoms with Gasteiger partial charge in [0, 0.05) is 9.50 Å². The van der Waals surface area contributed by atoms with E-state index in [1.807, 2.05) is 12.1 Å². The molecule has 1 saturated heterocycles. The summed E-state index contributed by atoms with van der Waals surface area (Å²) in [4.78, 5) is 24.8. The molecule has 0 radical (unpaired) electrons. The van der Waals surface area contributed by atoms with Crippen LogP contribution in [0.5, 0.6) is 11.5 Å². The number of carbonyl (C=O) groups excluding carboxylic acids is 1. The van der Waals surface area contributed by atoms with Gasteiger partial charge in [-0.1, -0.05) is 63.6 Å². The molecule has 1 aliphatic heterocycles. The maximum atomic E-state index is 12.5. The first-order chi connectivity index (χ1) is 14.3. The van der Waals surface area contributed by atoms with Crippen LogP contribution in [-0.4, -0.2) is 39.9 Å². The van der Waals surface area contributed by atoms with Gasteiger partial charge in [-0.3, -0.25) is 14.5 Å². The average molecular weight is 529 g/mol. The summed E-state index contributed by atoms with van der Waals surface area (Å²) in [5.41, 5.74) is 1.62. The van der Waals surface area contributed by atoms with Crippen LogP contribution < -0.4 is 9.47 Å². The van der Waals surface area contributed by atoms with Gasteiger partial charge in [-0.25, -0.2) is 0 Å². The Morgan fingerprint density at radius 3 is 2.63 bits per heavy atom. The van der Waals surface area contributed by atoms with Gasteiger partial charge in [-0.2, -0.15) is 0 Å². The fourth-order valence-corrected chi connectivity index (χ4v) is 4.40. The topological polar surface area (TPSA) is 76.1 Å². The summed E-state index contributed by atoms with van der Waals surface area (Å²) in [6.45, 7) is -0.142. The van der Waals surface area contributed by atoms with Crippen LogP contribution in [0.15, 0.2) is 45.8 Å². The van der Waals surface area contributed by atoms with Crippen LogP contribution in [0.3, 0.4) is 0 Å². The molecule has 2 aromatic carbocycles. The molecule has 1 N–H and O–H groups in total. The third kappa shape index (κ3) is 5.34. The lowest BCUT2D eigenvalue weighted by Crippen LogP contribution is -2.33. The van der Waals surface area contributed by atoms with Gasteiger partial charge < -0.3 is 14.6 Å². The van der Waals surface area contributed by atoms with Gasteiger partial charge in [-0.15, -0.1) is 0 Å². The second kappa shape index (κ2) is 9.82. The second-order valence-corrected chi connectivity index (χ2v) is 9.07. The molecule has 0 saturated carbocycles. The summed E-state index contributed by atoms with van der Waals surface area (Å²) in [6, 6.07) is 10.8. The van der Waals surface area contributed by atoms with Crippen LogP contribution in [0.4, 0.5) is 0 Å². The number of carboxylic acid groups (broad SMARTS) is 1.